The summed E-state index contributed by atoms with van der Waals surface area (Å²) >= 11 is 0. The zero-order valence-corrected chi connectivity index (χ0v) is 25.7. The molecule has 3 rings (SSSR count). The third kappa shape index (κ3) is 11.4. The van der Waals surface area contributed by atoms with Crippen molar-refractivity contribution >= 4 is 35.6 Å². The molecule has 0 aliphatic rings. The summed E-state index contributed by atoms with van der Waals surface area (Å²) in [5.74, 6) is 0.100. The van der Waals surface area contributed by atoms with Gasteiger partial charge in [0.15, 0.2) is 5.82 Å². The van der Waals surface area contributed by atoms with Crippen LogP contribution in [0.25, 0.3) is 11.4 Å². The van der Waals surface area contributed by atoms with Gasteiger partial charge in [-0.3, -0.25) is 30.1 Å². The Labute approximate surface area is 257 Å². The summed E-state index contributed by atoms with van der Waals surface area (Å²) in [4.78, 5) is 66.1. The van der Waals surface area contributed by atoms with E-state index >= 15 is 0 Å². The highest BCUT2D eigenvalue weighted by Gasteiger charge is 2.23. The molecule has 2 aromatic heterocycles. The predicted molar refractivity (Wildman–Crippen MR) is 170 cm³/mol. The molecule has 234 valence electrons. The van der Waals surface area contributed by atoms with E-state index in [4.69, 9.17) is 0 Å². The molecule has 0 aliphatic carbocycles. The molecule has 13 heteroatoms. The number of aryl methyl sites for hydroxylation is 1. The Kier molecular flexibility index (Phi) is 12.7. The summed E-state index contributed by atoms with van der Waals surface area (Å²) in [6, 6.07) is 10.4. The Morgan fingerprint density at radius 2 is 1.57 bits per heavy atom. The van der Waals surface area contributed by atoms with Gasteiger partial charge in [0, 0.05) is 36.7 Å². The number of aromatic nitrogens is 5. The number of hydrogen-bond donors (Lipinski definition) is 4. The second-order valence-corrected chi connectivity index (χ2v) is 11.1. The topological polar surface area (TPSA) is 173 Å². The van der Waals surface area contributed by atoms with Crippen molar-refractivity contribution in [2.75, 3.05) is 22.5 Å². The minimum absolute atomic E-state index is 0.0504. The third-order valence-corrected chi connectivity index (χ3v) is 6.23. The number of carbonyl (C=O) groups excluding carboxylic acids is 3. The Morgan fingerprint density at radius 3 is 2.25 bits per heavy atom. The van der Waals surface area contributed by atoms with Crippen LogP contribution >= 0.6 is 0 Å². The molecule has 0 saturated heterocycles. The third-order valence-electron chi connectivity index (χ3n) is 6.23. The fraction of sp³-hybridized carbons (Fsp3) is 0.419. The van der Waals surface area contributed by atoms with E-state index in [0.29, 0.717) is 38.2 Å². The normalized spacial score (nSPS) is 11.3. The molecule has 0 aliphatic heterocycles. The maximum atomic E-state index is 12.6. The number of carbonyl (C=O) groups is 3. The molecule has 0 atom stereocenters. The highest BCUT2D eigenvalue weighted by atomic mass is 16.2. The Morgan fingerprint density at radius 1 is 0.864 bits per heavy atom. The summed E-state index contributed by atoms with van der Waals surface area (Å²) < 4.78 is 1.48. The van der Waals surface area contributed by atoms with Gasteiger partial charge < -0.3 is 5.32 Å². The van der Waals surface area contributed by atoms with Gasteiger partial charge in [0.05, 0.1) is 0 Å². The number of anilines is 3. The quantitative estimate of drug-likeness (QED) is 0.151. The highest BCUT2D eigenvalue weighted by Crippen LogP contribution is 2.20. The van der Waals surface area contributed by atoms with Crippen LogP contribution in [0.1, 0.15) is 66.2 Å². The highest BCUT2D eigenvalue weighted by molar-refractivity contribution is 5.94. The van der Waals surface area contributed by atoms with Crippen molar-refractivity contribution in [2.45, 2.75) is 72.8 Å². The minimum atomic E-state index is -0.656. The smallest absolute Gasteiger partial charge is 0.338 e. The Bertz CT molecular complexity index is 1500. The van der Waals surface area contributed by atoms with Crippen LogP contribution in [0.5, 0.6) is 0 Å². The van der Waals surface area contributed by atoms with Gasteiger partial charge in [-0.05, 0) is 31.7 Å². The van der Waals surface area contributed by atoms with Crippen LogP contribution in [0.2, 0.25) is 0 Å². The lowest BCUT2D eigenvalue weighted by molar-refractivity contribution is -0.123. The number of hydrogen-bond acceptors (Lipinski definition) is 8. The van der Waals surface area contributed by atoms with E-state index in [1.54, 1.807) is 33.0 Å². The molecular weight excluding hydrogens is 562 g/mol. The van der Waals surface area contributed by atoms with Crippen molar-refractivity contribution in [2.24, 2.45) is 5.41 Å². The van der Waals surface area contributed by atoms with Crippen molar-refractivity contribution < 1.29 is 14.4 Å². The zero-order valence-electron chi connectivity index (χ0n) is 25.7. The number of urea groups is 1. The largest absolute Gasteiger partial charge is 0.349 e. The van der Waals surface area contributed by atoms with Gasteiger partial charge in [0.25, 0.3) is 0 Å². The number of unbranched alkanes of at least 4 members (excludes halogenated alkanes) is 2. The molecule has 0 radical (unpaired) electrons. The van der Waals surface area contributed by atoms with Crippen LogP contribution in [-0.4, -0.2) is 48.9 Å². The average Bonchev–Trinajstić information content (AvgIpc) is 2.97. The second kappa shape index (κ2) is 16.6. The lowest BCUT2D eigenvalue weighted by Crippen LogP contribution is -2.31. The Hall–Kier alpha value is -4.94. The van der Waals surface area contributed by atoms with E-state index in [9.17, 15) is 19.2 Å². The maximum Gasteiger partial charge on any atom is 0.349 e. The standard InChI is InChI=1S/C31H41N9O4/c1-5-6-19-32-29(43)33-23-18-21-40(30(44)34-23)20-14-9-7-8-13-17-24(41)35-27-36-25(22-15-11-10-12-16-22)37-28(39-27)38-26(42)31(2,3)4/h7-8,10-12,15-16,18,21H,5-6,9,13-14,17,19-20H2,1-4H3,(H2,32,33,34,43,44)(H2,35,36,37,38,39,41,42)/b8-7+. The molecule has 0 fully saturated rings. The molecule has 0 spiro atoms. The van der Waals surface area contributed by atoms with Gasteiger partial charge in [-0.25, -0.2) is 9.59 Å². The Balaban J connectivity index is 1.46. The van der Waals surface area contributed by atoms with Gasteiger partial charge in [-0.1, -0.05) is 76.6 Å². The van der Waals surface area contributed by atoms with Crippen LogP contribution in [0.4, 0.5) is 22.5 Å². The van der Waals surface area contributed by atoms with Crippen molar-refractivity contribution in [3.05, 3.63) is 65.2 Å². The first kappa shape index (κ1) is 33.6. The molecule has 0 unspecified atom stereocenters. The van der Waals surface area contributed by atoms with E-state index in [-0.39, 0.29) is 42.0 Å². The first-order valence-corrected chi connectivity index (χ1v) is 14.8. The lowest BCUT2D eigenvalue weighted by atomic mass is 9.96. The van der Waals surface area contributed by atoms with Crippen LogP contribution in [0.3, 0.4) is 0 Å². The van der Waals surface area contributed by atoms with E-state index in [2.05, 4.69) is 41.2 Å². The van der Waals surface area contributed by atoms with Gasteiger partial charge in [-0.2, -0.15) is 19.9 Å². The molecule has 0 bridgehead atoms. The minimum Gasteiger partial charge on any atom is -0.338 e. The van der Waals surface area contributed by atoms with Crippen molar-refractivity contribution in [1.82, 2.24) is 29.8 Å². The summed E-state index contributed by atoms with van der Waals surface area (Å²) in [6.07, 6.45) is 9.43. The van der Waals surface area contributed by atoms with Crippen LogP contribution in [0, 0.1) is 5.41 Å². The van der Waals surface area contributed by atoms with Crippen LogP contribution in [-0.2, 0) is 16.1 Å². The van der Waals surface area contributed by atoms with Crippen molar-refractivity contribution in [3.63, 3.8) is 0 Å². The summed E-state index contributed by atoms with van der Waals surface area (Å²) in [5, 5.41) is 10.7. The number of rotatable bonds is 14. The summed E-state index contributed by atoms with van der Waals surface area (Å²) in [5.41, 5.74) is -0.376. The SMILES string of the molecule is CCCCNC(=O)Nc1ccn(CCC/C=C/CCC(=O)Nc2nc(NC(=O)C(C)(C)C)nc(-c3ccccc3)n2)c(=O)n1. The first-order chi connectivity index (χ1) is 21.0. The molecule has 4 amide bonds. The van der Waals surface area contributed by atoms with Crippen molar-refractivity contribution in [1.29, 1.82) is 0 Å². The van der Waals surface area contributed by atoms with Gasteiger partial charge in [0.2, 0.25) is 23.7 Å². The van der Waals surface area contributed by atoms with Crippen LogP contribution in [0.15, 0.2) is 59.5 Å². The van der Waals surface area contributed by atoms with Gasteiger partial charge >= 0.3 is 11.7 Å². The molecular formula is C31H41N9O4. The predicted octanol–water partition coefficient (Wildman–Crippen LogP) is 4.76. The average molecular weight is 604 g/mol. The fourth-order valence-electron chi connectivity index (χ4n) is 3.72. The monoisotopic (exact) mass is 603 g/mol. The van der Waals surface area contributed by atoms with Crippen molar-refractivity contribution in [3.8, 4) is 11.4 Å². The fourth-order valence-corrected chi connectivity index (χ4v) is 3.72. The van der Waals surface area contributed by atoms with E-state index in [1.807, 2.05) is 49.4 Å². The molecule has 13 nitrogen and oxygen atoms in total. The summed E-state index contributed by atoms with van der Waals surface area (Å²) in [6.45, 7) is 8.41. The molecule has 3 aromatic rings. The van der Waals surface area contributed by atoms with E-state index < -0.39 is 11.1 Å². The van der Waals surface area contributed by atoms with Gasteiger partial charge in [-0.15, -0.1) is 0 Å². The lowest BCUT2D eigenvalue weighted by Gasteiger charge is -2.17. The number of amides is 4. The second-order valence-electron chi connectivity index (χ2n) is 11.1. The van der Waals surface area contributed by atoms with E-state index in [1.165, 1.54) is 4.57 Å². The zero-order chi connectivity index (χ0) is 32.0. The molecule has 44 heavy (non-hydrogen) atoms. The maximum absolute atomic E-state index is 12.6. The molecule has 0 saturated carbocycles. The van der Waals surface area contributed by atoms with Gasteiger partial charge in [0.1, 0.15) is 5.82 Å². The number of allylic oxidation sites excluding steroid dienone is 2. The summed E-state index contributed by atoms with van der Waals surface area (Å²) in [7, 11) is 0. The number of nitrogens with zero attached hydrogens (tertiary/aromatic N) is 5. The molecule has 4 N–H and O–H groups in total. The molecule has 2 heterocycles. The number of nitrogens with one attached hydrogen (secondary N) is 4. The number of benzene rings is 1. The molecule has 1 aromatic carbocycles. The first-order valence-electron chi connectivity index (χ1n) is 14.8. The van der Waals surface area contributed by atoms with E-state index in [0.717, 1.165) is 18.4 Å². The van der Waals surface area contributed by atoms with Crippen LogP contribution < -0.4 is 27.0 Å².